The van der Waals surface area contributed by atoms with Crippen LogP contribution in [0.3, 0.4) is 0 Å². The largest absolute Gasteiger partial charge is 0.439 e. The summed E-state index contributed by atoms with van der Waals surface area (Å²) in [5.74, 6) is 6.14. The monoisotopic (exact) mass is 896 g/mol. The topological polar surface area (TPSA) is 189 Å². The third-order valence-corrected chi connectivity index (χ3v) is 13.4. The number of piperidine rings is 3. The summed E-state index contributed by atoms with van der Waals surface area (Å²) in [6.45, 7) is 4.95. The van der Waals surface area contributed by atoms with Crippen LogP contribution in [0.1, 0.15) is 116 Å². The van der Waals surface area contributed by atoms with Crippen LogP contribution in [0.25, 0.3) is 5.65 Å². The number of imide groups is 1. The lowest BCUT2D eigenvalue weighted by molar-refractivity contribution is -0.136. The predicted molar refractivity (Wildman–Crippen MR) is 232 cm³/mol. The van der Waals surface area contributed by atoms with E-state index in [1.165, 1.54) is 21.8 Å². The highest BCUT2D eigenvalue weighted by Crippen LogP contribution is 2.36. The molecule has 1 aliphatic carbocycles. The Balaban J connectivity index is 0.686. The van der Waals surface area contributed by atoms with Crippen molar-refractivity contribution in [1.29, 1.82) is 0 Å². The number of amides is 4. The minimum absolute atomic E-state index is 0.0191. The van der Waals surface area contributed by atoms with Gasteiger partial charge in [0, 0.05) is 63.5 Å². The Morgan fingerprint density at radius 2 is 1.75 bits per heavy atom. The number of fused-ring (bicyclic) bond motifs is 1. The SMILES string of the molecule is O=C1CCC(N2C[C@@H](c3ccc(C#CCCOC4CCN(C[C@H]5CC[C@H](n6cc(NC(=O)c7cnn8ccc(N9CCC(O)CC9)nc78)c(C(F)F)n6)CC5)CC4)cc3)OC2=O)C(=O)N1. The summed E-state index contributed by atoms with van der Waals surface area (Å²) in [7, 11) is 0. The number of benzene rings is 1. The summed E-state index contributed by atoms with van der Waals surface area (Å²) in [5.41, 5.74) is 1.65. The highest BCUT2D eigenvalue weighted by molar-refractivity contribution is 6.08. The van der Waals surface area contributed by atoms with Gasteiger partial charge in [0.05, 0.1) is 43.3 Å². The summed E-state index contributed by atoms with van der Waals surface area (Å²) in [6, 6.07) is 8.57. The van der Waals surface area contributed by atoms with Crippen LogP contribution in [0.2, 0.25) is 0 Å². The van der Waals surface area contributed by atoms with Gasteiger partial charge in [0.25, 0.3) is 12.3 Å². The number of nitrogens with one attached hydrogen (secondary N) is 2. The number of nitrogens with zero attached hydrogens (tertiary/aromatic N) is 8. The molecule has 7 heterocycles. The van der Waals surface area contributed by atoms with Crippen molar-refractivity contribution in [3.63, 3.8) is 0 Å². The van der Waals surface area contributed by atoms with E-state index < -0.39 is 42.2 Å². The number of hydrogen-bond donors (Lipinski definition) is 3. The van der Waals surface area contributed by atoms with E-state index in [4.69, 9.17) is 9.47 Å². The van der Waals surface area contributed by atoms with Gasteiger partial charge in [0.15, 0.2) is 11.3 Å². The van der Waals surface area contributed by atoms with Gasteiger partial charge in [0.1, 0.15) is 23.5 Å². The molecule has 4 aliphatic heterocycles. The number of carbonyl (C=O) groups is 4. The highest BCUT2D eigenvalue weighted by atomic mass is 19.3. The Bertz CT molecular complexity index is 2430. The molecule has 19 heteroatoms. The van der Waals surface area contributed by atoms with Crippen LogP contribution < -0.4 is 15.5 Å². The maximum absolute atomic E-state index is 14.3. The normalized spacial score (nSPS) is 23.7. The molecule has 5 aliphatic rings. The van der Waals surface area contributed by atoms with Crippen molar-refractivity contribution in [2.75, 3.05) is 56.1 Å². The molecule has 0 radical (unpaired) electrons. The number of alkyl halides is 2. The van der Waals surface area contributed by atoms with Gasteiger partial charge in [-0.2, -0.15) is 10.2 Å². The summed E-state index contributed by atoms with van der Waals surface area (Å²) in [6.07, 6.45) is 8.29. The van der Waals surface area contributed by atoms with Crippen LogP contribution >= 0.6 is 0 Å². The standard InChI is InChI=1S/C46H54F2N10O7/c47-42(48)41-36(50-44(61)35-25-49-57-23-18-39(51-43(35)57)55-21-14-33(59)15-22-55)27-58(53-41)32-10-6-30(7-11-32)26-54-19-16-34(17-20-54)64-24-2-1-3-29-4-8-31(9-5-29)38-28-56(46(63)65-38)37-12-13-40(60)52-45(37)62/h4-5,8-9,18,23,25,27,30,32-34,37-38,42,59H,2,6-7,10-17,19-22,24,26,28H2,(H,50,61)(H,52,60,62)/t30-,32-,37?,38-/m0/s1. The van der Waals surface area contributed by atoms with E-state index in [1.54, 1.807) is 16.9 Å². The molecule has 1 aromatic carbocycles. The molecule has 4 amide bonds. The number of aliphatic hydroxyl groups excluding tert-OH is 1. The van der Waals surface area contributed by atoms with Crippen molar-refractivity contribution in [3.05, 3.63) is 71.3 Å². The molecule has 1 unspecified atom stereocenters. The van der Waals surface area contributed by atoms with E-state index in [9.17, 15) is 33.1 Å². The van der Waals surface area contributed by atoms with Gasteiger partial charge in [-0.15, -0.1) is 0 Å². The lowest BCUT2D eigenvalue weighted by Gasteiger charge is -2.36. The average Bonchev–Trinajstić information content (AvgIpc) is 4.04. The second-order valence-electron chi connectivity index (χ2n) is 17.7. The molecule has 3 N–H and O–H groups in total. The molecule has 17 nitrogen and oxygen atoms in total. The van der Waals surface area contributed by atoms with Gasteiger partial charge in [-0.05, 0) is 87.5 Å². The van der Waals surface area contributed by atoms with E-state index in [0.717, 1.165) is 69.3 Å². The minimum atomic E-state index is -2.87. The quantitative estimate of drug-likeness (QED) is 0.0980. The second kappa shape index (κ2) is 19.6. The average molecular weight is 897 g/mol. The number of hydrogen-bond acceptors (Lipinski definition) is 12. The first-order valence-corrected chi connectivity index (χ1v) is 22.7. The molecule has 3 aromatic heterocycles. The van der Waals surface area contributed by atoms with Crippen molar-refractivity contribution >= 4 is 41.0 Å². The maximum atomic E-state index is 14.3. The van der Waals surface area contributed by atoms with Gasteiger partial charge >= 0.3 is 6.09 Å². The molecule has 4 aromatic rings. The van der Waals surface area contributed by atoms with Crippen LogP contribution in [-0.4, -0.2) is 127 Å². The Morgan fingerprint density at radius 3 is 2.49 bits per heavy atom. The van der Waals surface area contributed by atoms with E-state index >= 15 is 0 Å². The van der Waals surface area contributed by atoms with Crippen molar-refractivity contribution in [2.24, 2.45) is 5.92 Å². The Morgan fingerprint density at radius 1 is 0.985 bits per heavy atom. The number of ether oxygens (including phenoxy) is 2. The van der Waals surface area contributed by atoms with Gasteiger partial charge < -0.3 is 29.7 Å². The number of carbonyl (C=O) groups excluding carboxylic acids is 4. The van der Waals surface area contributed by atoms with E-state index in [1.807, 2.05) is 29.2 Å². The molecule has 1 saturated carbocycles. The van der Waals surface area contributed by atoms with Crippen LogP contribution in [0, 0.1) is 17.8 Å². The Labute approximate surface area is 374 Å². The molecule has 5 fully saturated rings. The summed E-state index contributed by atoms with van der Waals surface area (Å²) < 4.78 is 43.3. The van der Waals surface area contributed by atoms with Crippen LogP contribution in [0.5, 0.6) is 0 Å². The smallest absolute Gasteiger partial charge is 0.411 e. The number of aromatic nitrogens is 5. The van der Waals surface area contributed by atoms with Gasteiger partial charge in [-0.25, -0.2) is 23.1 Å². The molecule has 2 atom stereocenters. The molecular formula is C46H54F2N10O7. The van der Waals surface area contributed by atoms with Crippen LogP contribution in [0.15, 0.2) is 48.9 Å². The van der Waals surface area contributed by atoms with Crippen LogP contribution in [0.4, 0.5) is 25.1 Å². The van der Waals surface area contributed by atoms with E-state index in [0.29, 0.717) is 56.3 Å². The fourth-order valence-electron chi connectivity index (χ4n) is 9.66. The zero-order chi connectivity index (χ0) is 45.0. The second-order valence-corrected chi connectivity index (χ2v) is 17.7. The molecule has 4 saturated heterocycles. The van der Waals surface area contributed by atoms with E-state index in [-0.39, 0.29) is 54.8 Å². The Kier molecular flexibility index (Phi) is 13.4. The lowest BCUT2D eigenvalue weighted by Crippen LogP contribution is -2.52. The first-order valence-electron chi connectivity index (χ1n) is 22.7. The van der Waals surface area contributed by atoms with Gasteiger partial charge in [0.2, 0.25) is 11.8 Å². The molecule has 0 spiro atoms. The van der Waals surface area contributed by atoms with Gasteiger partial charge in [-0.3, -0.25) is 29.3 Å². The zero-order valence-corrected chi connectivity index (χ0v) is 36.1. The number of halogens is 2. The van der Waals surface area contributed by atoms with E-state index in [2.05, 4.69) is 42.6 Å². The zero-order valence-electron chi connectivity index (χ0n) is 36.1. The lowest BCUT2D eigenvalue weighted by atomic mass is 9.85. The number of anilines is 2. The number of likely N-dealkylation sites (tertiary alicyclic amines) is 1. The number of rotatable bonds is 12. The highest BCUT2D eigenvalue weighted by Gasteiger charge is 2.42. The summed E-state index contributed by atoms with van der Waals surface area (Å²) in [5, 5.41) is 23.4. The molecule has 9 rings (SSSR count). The predicted octanol–water partition coefficient (Wildman–Crippen LogP) is 5.03. The van der Waals surface area contributed by atoms with Crippen molar-refractivity contribution in [2.45, 2.75) is 107 Å². The Hall–Kier alpha value is -5.97. The third-order valence-electron chi connectivity index (χ3n) is 13.4. The minimum Gasteiger partial charge on any atom is -0.439 e. The first-order chi connectivity index (χ1) is 31.5. The molecule has 0 bridgehead atoms. The molecule has 344 valence electrons. The molecular weight excluding hydrogens is 843 g/mol. The number of cyclic esters (lactones) is 1. The van der Waals surface area contributed by atoms with Crippen LogP contribution in [-0.2, 0) is 19.1 Å². The third kappa shape index (κ3) is 10.3. The molecule has 65 heavy (non-hydrogen) atoms. The maximum Gasteiger partial charge on any atom is 0.411 e. The fraction of sp³-hybridized carbons (Fsp3) is 0.543. The van der Waals surface area contributed by atoms with Crippen molar-refractivity contribution < 1.29 is 42.5 Å². The summed E-state index contributed by atoms with van der Waals surface area (Å²) >= 11 is 0. The van der Waals surface area contributed by atoms with Crippen molar-refractivity contribution in [1.82, 2.24) is 39.5 Å². The van der Waals surface area contributed by atoms with Crippen molar-refractivity contribution in [3.8, 4) is 11.8 Å². The number of aliphatic hydroxyl groups is 1. The van der Waals surface area contributed by atoms with Gasteiger partial charge in [-0.1, -0.05) is 24.0 Å². The summed E-state index contributed by atoms with van der Waals surface area (Å²) in [4.78, 5) is 60.4. The fourth-order valence-corrected chi connectivity index (χ4v) is 9.66. The first kappa shape index (κ1) is 44.2.